The minimum absolute atomic E-state index is 0.346. The number of aromatic nitrogens is 1. The summed E-state index contributed by atoms with van der Waals surface area (Å²) in [5, 5.41) is 14.6. The highest BCUT2D eigenvalue weighted by Crippen LogP contribution is 2.31. The van der Waals surface area contributed by atoms with Gasteiger partial charge in [0.15, 0.2) is 0 Å². The molecule has 0 saturated carbocycles. The van der Waals surface area contributed by atoms with Crippen LogP contribution < -0.4 is 5.32 Å². The number of aryl methyl sites for hydroxylation is 1. The highest BCUT2D eigenvalue weighted by molar-refractivity contribution is 5.86. The number of hydrogen-bond donors (Lipinski definition) is 3. The molecular weight excluding hydrogens is 284 g/mol. The molecule has 118 valence electrons. The Morgan fingerprint density at radius 3 is 2.87 bits per heavy atom. The first-order chi connectivity index (χ1) is 11.3. The molecule has 1 aromatic heterocycles. The molecule has 3 aromatic rings. The van der Waals surface area contributed by atoms with Gasteiger partial charge in [0.1, 0.15) is 5.75 Å². The van der Waals surface area contributed by atoms with Crippen molar-refractivity contribution in [1.82, 2.24) is 10.3 Å². The molecule has 4 rings (SSSR count). The van der Waals surface area contributed by atoms with Crippen molar-refractivity contribution in [1.29, 1.82) is 0 Å². The summed E-state index contributed by atoms with van der Waals surface area (Å²) in [5.74, 6) is 0.346. The van der Waals surface area contributed by atoms with E-state index in [0.717, 1.165) is 31.3 Å². The molecule has 3 N–H and O–H groups in total. The lowest BCUT2D eigenvalue weighted by Gasteiger charge is -2.23. The topological polar surface area (TPSA) is 48.0 Å². The van der Waals surface area contributed by atoms with Crippen molar-refractivity contribution in [2.45, 2.75) is 31.7 Å². The van der Waals surface area contributed by atoms with Crippen LogP contribution in [0.1, 0.15) is 23.2 Å². The number of aromatic hydroxyl groups is 1. The Hall–Kier alpha value is -2.26. The largest absolute Gasteiger partial charge is 0.508 e. The first-order valence-electron chi connectivity index (χ1n) is 8.39. The number of benzene rings is 2. The summed E-state index contributed by atoms with van der Waals surface area (Å²) in [5.41, 5.74) is 5.23. The van der Waals surface area contributed by atoms with Crippen molar-refractivity contribution in [2.24, 2.45) is 0 Å². The Labute approximate surface area is 136 Å². The summed E-state index contributed by atoms with van der Waals surface area (Å²) in [6.45, 7) is 1.01. The molecule has 0 aliphatic heterocycles. The van der Waals surface area contributed by atoms with Crippen LogP contribution in [-0.2, 0) is 19.3 Å². The van der Waals surface area contributed by atoms with Crippen molar-refractivity contribution in [3.05, 3.63) is 65.4 Å². The molecule has 0 spiro atoms. The van der Waals surface area contributed by atoms with Crippen LogP contribution in [0, 0.1) is 0 Å². The zero-order valence-corrected chi connectivity index (χ0v) is 13.2. The average molecular weight is 306 g/mol. The summed E-state index contributed by atoms with van der Waals surface area (Å²) in [7, 11) is 0. The van der Waals surface area contributed by atoms with Crippen LogP contribution in [0.4, 0.5) is 0 Å². The summed E-state index contributed by atoms with van der Waals surface area (Å²) in [6.07, 6.45) is 4.35. The predicted octanol–water partition coefficient (Wildman–Crippen LogP) is 3.56. The van der Waals surface area contributed by atoms with E-state index in [2.05, 4.69) is 40.6 Å². The molecule has 0 amide bonds. The van der Waals surface area contributed by atoms with Gasteiger partial charge in [-0.15, -0.1) is 0 Å². The number of nitrogens with one attached hydrogen (secondary N) is 2. The molecule has 3 heteroatoms. The van der Waals surface area contributed by atoms with E-state index >= 15 is 0 Å². The third-order valence-electron chi connectivity index (χ3n) is 4.86. The third kappa shape index (κ3) is 2.97. The fourth-order valence-corrected chi connectivity index (χ4v) is 3.64. The Bertz CT molecular complexity index is 807. The maximum absolute atomic E-state index is 9.75. The van der Waals surface area contributed by atoms with Crippen LogP contribution in [0.15, 0.2) is 48.5 Å². The molecule has 1 aliphatic carbocycles. The van der Waals surface area contributed by atoms with E-state index < -0.39 is 0 Å². The molecule has 1 atom stereocenters. The van der Waals surface area contributed by atoms with Gasteiger partial charge < -0.3 is 15.4 Å². The summed E-state index contributed by atoms with van der Waals surface area (Å²) < 4.78 is 0. The second-order valence-corrected chi connectivity index (χ2v) is 6.44. The molecule has 0 saturated heterocycles. The van der Waals surface area contributed by atoms with Crippen molar-refractivity contribution in [3.63, 3.8) is 0 Å². The van der Waals surface area contributed by atoms with Crippen molar-refractivity contribution in [2.75, 3.05) is 6.54 Å². The van der Waals surface area contributed by atoms with Gasteiger partial charge in [0.2, 0.25) is 0 Å². The lowest BCUT2D eigenvalue weighted by molar-refractivity contribution is 0.460. The smallest absolute Gasteiger partial charge is 0.116 e. The second kappa shape index (κ2) is 6.09. The molecule has 0 fully saturated rings. The van der Waals surface area contributed by atoms with E-state index in [9.17, 15) is 5.11 Å². The SMILES string of the molecule is Oc1ccc2[nH]c3c(c2c1)CC(NCCc1ccccc1)CC3. The quantitative estimate of drug-likeness (QED) is 0.690. The maximum atomic E-state index is 9.75. The highest BCUT2D eigenvalue weighted by Gasteiger charge is 2.22. The maximum Gasteiger partial charge on any atom is 0.116 e. The third-order valence-corrected chi connectivity index (χ3v) is 4.86. The van der Waals surface area contributed by atoms with Crippen molar-refractivity contribution in [3.8, 4) is 5.75 Å². The number of rotatable bonds is 4. The minimum atomic E-state index is 0.346. The van der Waals surface area contributed by atoms with Crippen LogP contribution in [0.5, 0.6) is 5.75 Å². The predicted molar refractivity (Wildman–Crippen MR) is 93.9 cm³/mol. The van der Waals surface area contributed by atoms with Crippen LogP contribution in [0.25, 0.3) is 10.9 Å². The van der Waals surface area contributed by atoms with Gasteiger partial charge in [-0.2, -0.15) is 0 Å². The molecule has 0 bridgehead atoms. The van der Waals surface area contributed by atoms with E-state index in [4.69, 9.17) is 0 Å². The van der Waals surface area contributed by atoms with Gasteiger partial charge in [-0.3, -0.25) is 0 Å². The Balaban J connectivity index is 1.44. The molecule has 1 heterocycles. The Kier molecular flexibility index (Phi) is 3.80. The number of phenols is 1. The lowest BCUT2D eigenvalue weighted by atomic mass is 9.91. The molecule has 1 unspecified atom stereocenters. The molecule has 1 aliphatic rings. The number of hydrogen-bond acceptors (Lipinski definition) is 2. The van der Waals surface area contributed by atoms with Gasteiger partial charge in [-0.25, -0.2) is 0 Å². The van der Waals surface area contributed by atoms with Crippen LogP contribution in [0.2, 0.25) is 0 Å². The normalized spacial score (nSPS) is 17.3. The molecule has 0 radical (unpaired) electrons. The van der Waals surface area contributed by atoms with E-state index in [1.807, 2.05) is 12.1 Å². The average Bonchev–Trinajstić information content (AvgIpc) is 2.93. The van der Waals surface area contributed by atoms with E-state index in [0.29, 0.717) is 11.8 Å². The standard InChI is InChI=1S/C20H22N2O/c23-16-7-9-20-18(13-16)17-12-15(6-8-19(17)22-20)21-11-10-14-4-2-1-3-5-14/h1-5,7,9,13,15,21-23H,6,8,10-12H2. The van der Waals surface area contributed by atoms with Gasteiger partial charge in [0, 0.05) is 22.6 Å². The van der Waals surface area contributed by atoms with E-state index in [-0.39, 0.29) is 0 Å². The molecule has 3 nitrogen and oxygen atoms in total. The van der Waals surface area contributed by atoms with Gasteiger partial charge in [0.25, 0.3) is 0 Å². The highest BCUT2D eigenvalue weighted by atomic mass is 16.3. The van der Waals surface area contributed by atoms with Gasteiger partial charge >= 0.3 is 0 Å². The Morgan fingerprint density at radius 2 is 2.00 bits per heavy atom. The minimum Gasteiger partial charge on any atom is -0.508 e. The summed E-state index contributed by atoms with van der Waals surface area (Å²) >= 11 is 0. The zero-order chi connectivity index (χ0) is 15.6. The second-order valence-electron chi connectivity index (χ2n) is 6.44. The van der Waals surface area contributed by atoms with Crippen LogP contribution in [0.3, 0.4) is 0 Å². The van der Waals surface area contributed by atoms with Gasteiger partial charge in [0.05, 0.1) is 0 Å². The zero-order valence-electron chi connectivity index (χ0n) is 13.2. The molecule has 23 heavy (non-hydrogen) atoms. The number of fused-ring (bicyclic) bond motifs is 3. The summed E-state index contributed by atoms with van der Waals surface area (Å²) in [6, 6.07) is 16.8. The number of aromatic amines is 1. The van der Waals surface area contributed by atoms with Gasteiger partial charge in [-0.1, -0.05) is 30.3 Å². The summed E-state index contributed by atoms with van der Waals surface area (Å²) in [4.78, 5) is 3.51. The van der Waals surface area contributed by atoms with E-state index in [1.165, 1.54) is 28.6 Å². The number of H-pyrrole nitrogens is 1. The Morgan fingerprint density at radius 1 is 1.13 bits per heavy atom. The fraction of sp³-hybridized carbons (Fsp3) is 0.300. The van der Waals surface area contributed by atoms with Crippen molar-refractivity contribution >= 4 is 10.9 Å². The fourth-order valence-electron chi connectivity index (χ4n) is 3.64. The van der Waals surface area contributed by atoms with Crippen LogP contribution in [-0.4, -0.2) is 22.7 Å². The van der Waals surface area contributed by atoms with Crippen LogP contribution >= 0.6 is 0 Å². The molecular formula is C20H22N2O. The number of phenolic OH excluding ortho intramolecular Hbond substituents is 1. The van der Waals surface area contributed by atoms with Crippen molar-refractivity contribution < 1.29 is 5.11 Å². The van der Waals surface area contributed by atoms with E-state index in [1.54, 1.807) is 6.07 Å². The lowest BCUT2D eigenvalue weighted by Crippen LogP contribution is -2.35. The first-order valence-corrected chi connectivity index (χ1v) is 8.39. The monoisotopic (exact) mass is 306 g/mol. The molecule has 2 aromatic carbocycles. The van der Waals surface area contributed by atoms with Gasteiger partial charge in [-0.05, 0) is 61.6 Å². The first kappa shape index (κ1) is 14.3.